The third-order valence-electron chi connectivity index (χ3n) is 5.60. The van der Waals surface area contributed by atoms with Crippen LogP contribution in [0.25, 0.3) is 11.3 Å². The Labute approximate surface area is 197 Å². The molecule has 2 N–H and O–H groups in total. The smallest absolute Gasteiger partial charge is 0.407 e. The van der Waals surface area contributed by atoms with Crippen molar-refractivity contribution in [3.8, 4) is 22.8 Å². The molecule has 0 bridgehead atoms. The second-order valence-electron chi connectivity index (χ2n) is 9.57. The fraction of sp³-hybridized carbons (Fsp3) is 0.480. The van der Waals surface area contributed by atoms with E-state index in [-0.39, 0.29) is 5.56 Å². The number of carboxylic acid groups (broad SMARTS) is 1. The predicted molar refractivity (Wildman–Crippen MR) is 125 cm³/mol. The zero-order valence-electron chi connectivity index (χ0n) is 19.7. The summed E-state index contributed by atoms with van der Waals surface area (Å²) in [5.74, 6) is 0.465. The van der Waals surface area contributed by atoms with Gasteiger partial charge in [0.2, 0.25) is 0 Å². The minimum absolute atomic E-state index is 0.255. The van der Waals surface area contributed by atoms with Crippen LogP contribution < -0.4 is 20.2 Å². The Morgan fingerprint density at radius 3 is 2.68 bits per heavy atom. The van der Waals surface area contributed by atoms with Crippen LogP contribution in [-0.4, -0.2) is 47.1 Å². The number of nitrogens with zero attached hydrogens (tertiary/aromatic N) is 1. The van der Waals surface area contributed by atoms with E-state index in [0.29, 0.717) is 50.1 Å². The van der Waals surface area contributed by atoms with E-state index in [2.05, 4.69) is 5.32 Å². The molecule has 1 aliphatic carbocycles. The molecule has 0 atom stereocenters. The minimum atomic E-state index is -1.24. The third-order valence-corrected chi connectivity index (χ3v) is 5.60. The van der Waals surface area contributed by atoms with E-state index in [9.17, 15) is 19.5 Å². The number of rotatable bonds is 7. The van der Waals surface area contributed by atoms with Gasteiger partial charge in [-0.1, -0.05) is 0 Å². The number of hydrogen-bond acceptors (Lipinski definition) is 6. The summed E-state index contributed by atoms with van der Waals surface area (Å²) >= 11 is 0. The van der Waals surface area contributed by atoms with Crippen LogP contribution in [-0.2, 0) is 11.3 Å². The molecule has 1 amide bonds. The number of nitrogens with one attached hydrogen (secondary N) is 1. The number of benzene rings is 1. The summed E-state index contributed by atoms with van der Waals surface area (Å²) in [5.41, 5.74) is 1.11. The Balaban J connectivity index is 1.51. The molecule has 2 heterocycles. The Morgan fingerprint density at radius 2 is 2.00 bits per heavy atom. The summed E-state index contributed by atoms with van der Waals surface area (Å²) in [6.07, 6.45) is 3.65. The van der Waals surface area contributed by atoms with E-state index in [1.54, 1.807) is 4.57 Å². The van der Waals surface area contributed by atoms with E-state index >= 15 is 0 Å². The SMILES string of the molecule is CC(C)(C)OC(=O)NCCCOc1cc2c(cc1C1CC1)-c1cc(=O)c(C(=O)O)cn1CCO2. The van der Waals surface area contributed by atoms with Gasteiger partial charge in [-0.25, -0.2) is 9.59 Å². The second-order valence-corrected chi connectivity index (χ2v) is 9.57. The van der Waals surface area contributed by atoms with Gasteiger partial charge in [0.25, 0.3) is 0 Å². The molecule has 1 aromatic heterocycles. The van der Waals surface area contributed by atoms with Gasteiger partial charge in [0.15, 0.2) is 5.43 Å². The molecule has 1 fully saturated rings. The van der Waals surface area contributed by atoms with Crippen molar-refractivity contribution >= 4 is 12.1 Å². The zero-order chi connectivity index (χ0) is 24.5. The lowest BCUT2D eigenvalue weighted by molar-refractivity contribution is 0.0524. The summed E-state index contributed by atoms with van der Waals surface area (Å²) < 4.78 is 19.0. The number of alkyl carbamates (subject to hydrolysis) is 1. The van der Waals surface area contributed by atoms with E-state index in [1.807, 2.05) is 32.9 Å². The largest absolute Gasteiger partial charge is 0.493 e. The lowest BCUT2D eigenvalue weighted by atomic mass is 10.0. The highest BCUT2D eigenvalue weighted by Crippen LogP contribution is 2.48. The van der Waals surface area contributed by atoms with Crippen LogP contribution in [0.3, 0.4) is 0 Å². The molecule has 1 aliphatic heterocycles. The van der Waals surface area contributed by atoms with Crippen molar-refractivity contribution < 1.29 is 28.9 Å². The highest BCUT2D eigenvalue weighted by molar-refractivity contribution is 5.87. The van der Waals surface area contributed by atoms with Crippen LogP contribution >= 0.6 is 0 Å². The molecule has 4 rings (SSSR count). The fourth-order valence-electron chi connectivity index (χ4n) is 3.90. The molecule has 0 radical (unpaired) electrons. The average molecular weight is 471 g/mol. The maximum atomic E-state index is 12.4. The van der Waals surface area contributed by atoms with Crippen molar-refractivity contribution in [1.82, 2.24) is 9.88 Å². The minimum Gasteiger partial charge on any atom is -0.493 e. The predicted octanol–water partition coefficient (Wildman–Crippen LogP) is 3.78. The molecule has 9 nitrogen and oxygen atoms in total. The molecule has 34 heavy (non-hydrogen) atoms. The van der Waals surface area contributed by atoms with E-state index < -0.39 is 23.1 Å². The van der Waals surface area contributed by atoms with E-state index in [1.165, 1.54) is 12.3 Å². The number of carbonyl (C=O) groups excluding carboxylic acids is 1. The first kappa shape index (κ1) is 23.7. The van der Waals surface area contributed by atoms with Gasteiger partial charge in [0.05, 0.1) is 18.8 Å². The highest BCUT2D eigenvalue weighted by atomic mass is 16.6. The number of aromatic nitrogens is 1. The molecule has 0 saturated heterocycles. The number of amides is 1. The van der Waals surface area contributed by atoms with Crippen molar-refractivity contribution in [2.24, 2.45) is 0 Å². The van der Waals surface area contributed by atoms with E-state index in [4.69, 9.17) is 14.2 Å². The van der Waals surface area contributed by atoms with Gasteiger partial charge in [-0.3, -0.25) is 4.79 Å². The number of aromatic carboxylic acids is 1. The first-order valence-corrected chi connectivity index (χ1v) is 11.5. The lowest BCUT2D eigenvalue weighted by Crippen LogP contribution is -2.33. The Morgan fingerprint density at radius 1 is 1.24 bits per heavy atom. The molecular formula is C25H30N2O7. The standard InChI is InChI=1S/C25H30N2O7/c1-25(2,3)34-24(31)26-7-4-9-32-21-13-22-17(11-16(21)15-5-6-15)19-12-20(28)18(23(29)30)14-27(19)8-10-33-22/h11-15H,4-10H2,1-3H3,(H,26,31)(H,29,30). The first-order valence-electron chi connectivity index (χ1n) is 11.5. The zero-order valence-corrected chi connectivity index (χ0v) is 19.7. The van der Waals surface area contributed by atoms with Gasteiger partial charge in [0.1, 0.15) is 29.3 Å². The fourth-order valence-corrected chi connectivity index (χ4v) is 3.90. The van der Waals surface area contributed by atoms with Gasteiger partial charge in [-0.15, -0.1) is 0 Å². The van der Waals surface area contributed by atoms with Gasteiger partial charge >= 0.3 is 12.1 Å². The van der Waals surface area contributed by atoms with Gasteiger partial charge < -0.3 is 29.2 Å². The highest BCUT2D eigenvalue weighted by Gasteiger charge is 2.30. The maximum absolute atomic E-state index is 12.4. The molecule has 2 aliphatic rings. The van der Waals surface area contributed by atoms with E-state index in [0.717, 1.165) is 29.7 Å². The molecule has 2 aromatic rings. The first-order chi connectivity index (χ1) is 16.1. The quantitative estimate of drug-likeness (QED) is 0.592. The van der Waals surface area contributed by atoms with Crippen molar-refractivity contribution in [3.63, 3.8) is 0 Å². The van der Waals surface area contributed by atoms with Crippen LogP contribution in [0.2, 0.25) is 0 Å². The molecule has 9 heteroatoms. The third kappa shape index (κ3) is 5.52. The summed E-state index contributed by atoms with van der Waals surface area (Å²) in [5, 5.41) is 12.0. The summed E-state index contributed by atoms with van der Waals surface area (Å²) in [7, 11) is 0. The number of ether oxygens (including phenoxy) is 3. The average Bonchev–Trinajstić information content (AvgIpc) is 3.58. The van der Waals surface area contributed by atoms with Gasteiger partial charge in [-0.2, -0.15) is 0 Å². The molecule has 0 unspecified atom stereocenters. The number of pyridine rings is 1. The molecule has 1 aromatic carbocycles. The number of fused-ring (bicyclic) bond motifs is 3. The topological polar surface area (TPSA) is 116 Å². The summed E-state index contributed by atoms with van der Waals surface area (Å²) in [6.45, 7) is 7.05. The van der Waals surface area contributed by atoms with Crippen molar-refractivity contribution in [1.29, 1.82) is 0 Å². The number of hydrogen-bond donors (Lipinski definition) is 2. The Bertz CT molecular complexity index is 1160. The van der Waals surface area contributed by atoms with Gasteiger partial charge in [-0.05, 0) is 57.6 Å². The van der Waals surface area contributed by atoms with Gasteiger partial charge in [0, 0.05) is 30.4 Å². The summed E-state index contributed by atoms with van der Waals surface area (Å²) in [4.78, 5) is 35.5. The Kier molecular flexibility index (Phi) is 6.54. The maximum Gasteiger partial charge on any atom is 0.407 e. The molecule has 1 saturated carbocycles. The molecule has 182 valence electrons. The molecular weight excluding hydrogens is 440 g/mol. The monoisotopic (exact) mass is 470 g/mol. The van der Waals surface area contributed by atoms with Crippen LogP contribution in [0.4, 0.5) is 4.79 Å². The van der Waals surface area contributed by atoms with Crippen molar-refractivity contribution in [2.45, 2.75) is 58.1 Å². The normalized spacial score (nSPS) is 14.8. The summed E-state index contributed by atoms with van der Waals surface area (Å²) in [6, 6.07) is 5.23. The van der Waals surface area contributed by atoms with Crippen LogP contribution in [0.1, 0.15) is 61.9 Å². The van der Waals surface area contributed by atoms with Crippen LogP contribution in [0, 0.1) is 0 Å². The van der Waals surface area contributed by atoms with Crippen LogP contribution in [0.15, 0.2) is 29.2 Å². The lowest BCUT2D eigenvalue weighted by Gasteiger charge is -2.20. The van der Waals surface area contributed by atoms with Crippen molar-refractivity contribution in [2.75, 3.05) is 19.8 Å². The second kappa shape index (κ2) is 9.40. The molecule has 0 spiro atoms. The number of carbonyl (C=O) groups is 2. The number of carboxylic acids is 1. The van der Waals surface area contributed by atoms with Crippen molar-refractivity contribution in [3.05, 3.63) is 45.7 Å². The Hall–Kier alpha value is -3.49. The van der Waals surface area contributed by atoms with Crippen LogP contribution in [0.5, 0.6) is 11.5 Å².